The Kier molecular flexibility index (Phi) is 6.57. The Morgan fingerprint density at radius 2 is 1.73 bits per heavy atom. The standard InChI is InChI=1S/C21H36N2O2S/c1-8-21(6,7)23-14-13-22(26(24,25)17(4)5)15-20(23)19-12-10-9-11-18(19)16(2)3/h9-12,16-17,20H,8,13-15H2,1-7H3. The summed E-state index contributed by atoms with van der Waals surface area (Å²) in [4.78, 5) is 2.51. The molecule has 1 aliphatic heterocycles. The summed E-state index contributed by atoms with van der Waals surface area (Å²) in [6.07, 6.45) is 1.03. The van der Waals surface area contributed by atoms with Crippen molar-refractivity contribution in [1.82, 2.24) is 9.21 Å². The van der Waals surface area contributed by atoms with Gasteiger partial charge in [-0.2, -0.15) is 4.31 Å². The molecule has 1 saturated heterocycles. The molecule has 0 spiro atoms. The Morgan fingerprint density at radius 1 is 1.12 bits per heavy atom. The lowest BCUT2D eigenvalue weighted by atomic mass is 9.87. The van der Waals surface area contributed by atoms with Crippen molar-refractivity contribution in [2.45, 2.75) is 77.6 Å². The van der Waals surface area contributed by atoms with Crippen LogP contribution in [0.5, 0.6) is 0 Å². The van der Waals surface area contributed by atoms with Gasteiger partial charge in [0, 0.05) is 31.2 Å². The van der Waals surface area contributed by atoms with Gasteiger partial charge >= 0.3 is 0 Å². The molecule has 1 heterocycles. The zero-order chi connectivity index (χ0) is 19.7. The molecular formula is C21H36N2O2S. The van der Waals surface area contributed by atoms with E-state index in [9.17, 15) is 8.42 Å². The number of benzene rings is 1. The summed E-state index contributed by atoms with van der Waals surface area (Å²) in [5.74, 6) is 0.412. The highest BCUT2D eigenvalue weighted by molar-refractivity contribution is 7.89. The van der Waals surface area contributed by atoms with Crippen LogP contribution in [0, 0.1) is 0 Å². The first kappa shape index (κ1) is 21.4. The molecule has 0 saturated carbocycles. The van der Waals surface area contributed by atoms with Crippen molar-refractivity contribution < 1.29 is 8.42 Å². The number of nitrogens with zero attached hydrogens (tertiary/aromatic N) is 2. The summed E-state index contributed by atoms with van der Waals surface area (Å²) >= 11 is 0. The molecule has 1 aromatic rings. The maximum Gasteiger partial charge on any atom is 0.216 e. The van der Waals surface area contributed by atoms with Gasteiger partial charge in [-0.3, -0.25) is 4.90 Å². The van der Waals surface area contributed by atoms with Crippen molar-refractivity contribution in [2.75, 3.05) is 19.6 Å². The number of sulfonamides is 1. The van der Waals surface area contributed by atoms with E-state index in [1.165, 1.54) is 11.1 Å². The van der Waals surface area contributed by atoms with E-state index in [0.29, 0.717) is 19.0 Å². The predicted molar refractivity (Wildman–Crippen MR) is 110 cm³/mol. The van der Waals surface area contributed by atoms with E-state index < -0.39 is 10.0 Å². The third kappa shape index (κ3) is 4.15. The second kappa shape index (κ2) is 7.99. The highest BCUT2D eigenvalue weighted by Gasteiger charge is 2.41. The molecule has 0 amide bonds. The Morgan fingerprint density at radius 3 is 2.27 bits per heavy atom. The molecule has 4 nitrogen and oxygen atoms in total. The van der Waals surface area contributed by atoms with E-state index in [2.05, 4.69) is 63.8 Å². The maximum atomic E-state index is 12.8. The topological polar surface area (TPSA) is 40.6 Å². The van der Waals surface area contributed by atoms with Gasteiger partial charge in [-0.1, -0.05) is 45.0 Å². The van der Waals surface area contributed by atoms with Crippen LogP contribution in [0.3, 0.4) is 0 Å². The molecule has 26 heavy (non-hydrogen) atoms. The number of piperazine rings is 1. The van der Waals surface area contributed by atoms with Crippen LogP contribution in [0.4, 0.5) is 0 Å². The third-order valence-corrected chi connectivity index (χ3v) is 8.16. The number of rotatable bonds is 6. The van der Waals surface area contributed by atoms with Crippen molar-refractivity contribution in [3.8, 4) is 0 Å². The normalized spacial score (nSPS) is 20.9. The van der Waals surface area contributed by atoms with Crippen LogP contribution in [-0.4, -0.2) is 48.0 Å². The first-order valence-electron chi connectivity index (χ1n) is 9.87. The Labute approximate surface area is 160 Å². The molecular weight excluding hydrogens is 344 g/mol. The smallest absolute Gasteiger partial charge is 0.216 e. The van der Waals surface area contributed by atoms with E-state index in [1.54, 1.807) is 18.2 Å². The molecule has 1 atom stereocenters. The van der Waals surface area contributed by atoms with Crippen molar-refractivity contribution in [1.29, 1.82) is 0 Å². The summed E-state index contributed by atoms with van der Waals surface area (Å²) in [5.41, 5.74) is 2.62. The second-order valence-corrected chi connectivity index (χ2v) is 11.1. The summed E-state index contributed by atoms with van der Waals surface area (Å²) < 4.78 is 27.3. The average molecular weight is 381 g/mol. The van der Waals surface area contributed by atoms with Gasteiger partial charge in [-0.05, 0) is 51.2 Å². The van der Waals surface area contributed by atoms with Crippen molar-refractivity contribution in [2.24, 2.45) is 0 Å². The van der Waals surface area contributed by atoms with E-state index >= 15 is 0 Å². The molecule has 1 aliphatic rings. The van der Waals surface area contributed by atoms with E-state index in [-0.39, 0.29) is 16.8 Å². The van der Waals surface area contributed by atoms with Crippen molar-refractivity contribution >= 4 is 10.0 Å². The molecule has 0 bridgehead atoms. The SMILES string of the molecule is CCC(C)(C)N1CCN(S(=O)(=O)C(C)C)CC1c1ccccc1C(C)C. The molecule has 0 aromatic heterocycles. The molecule has 1 fully saturated rings. The molecule has 0 N–H and O–H groups in total. The highest BCUT2D eigenvalue weighted by atomic mass is 32.2. The van der Waals surface area contributed by atoms with Gasteiger partial charge in [0.1, 0.15) is 0 Å². The average Bonchev–Trinajstić information content (AvgIpc) is 2.60. The second-order valence-electron chi connectivity index (χ2n) is 8.61. The van der Waals surface area contributed by atoms with Crippen LogP contribution < -0.4 is 0 Å². The highest BCUT2D eigenvalue weighted by Crippen LogP contribution is 2.37. The molecule has 2 rings (SSSR count). The minimum Gasteiger partial charge on any atom is -0.289 e. The summed E-state index contributed by atoms with van der Waals surface area (Å²) in [6, 6.07) is 8.62. The lowest BCUT2D eigenvalue weighted by molar-refractivity contribution is 0.0215. The van der Waals surface area contributed by atoms with E-state index in [1.807, 2.05) is 0 Å². The zero-order valence-electron chi connectivity index (χ0n) is 17.5. The monoisotopic (exact) mass is 380 g/mol. The van der Waals surface area contributed by atoms with Gasteiger partial charge in [0.2, 0.25) is 10.0 Å². The Balaban J connectivity index is 2.50. The molecule has 1 unspecified atom stereocenters. The van der Waals surface area contributed by atoms with Crippen LogP contribution in [0.15, 0.2) is 24.3 Å². The van der Waals surface area contributed by atoms with Crippen LogP contribution in [0.25, 0.3) is 0 Å². The van der Waals surface area contributed by atoms with Gasteiger partial charge in [0.05, 0.1) is 5.25 Å². The summed E-state index contributed by atoms with van der Waals surface area (Å²) in [5, 5.41) is -0.380. The minimum atomic E-state index is -3.24. The van der Waals surface area contributed by atoms with Gasteiger partial charge in [0.25, 0.3) is 0 Å². The quantitative estimate of drug-likeness (QED) is 0.734. The lowest BCUT2D eigenvalue weighted by Gasteiger charge is -2.49. The van der Waals surface area contributed by atoms with Gasteiger partial charge in [-0.25, -0.2) is 8.42 Å². The summed E-state index contributed by atoms with van der Waals surface area (Å²) in [6.45, 7) is 16.6. The maximum absolute atomic E-state index is 12.8. The number of hydrogen-bond acceptors (Lipinski definition) is 3. The third-order valence-electron chi connectivity index (χ3n) is 5.92. The Bertz CT molecular complexity index is 710. The van der Waals surface area contributed by atoms with Crippen LogP contribution >= 0.6 is 0 Å². The fourth-order valence-corrected chi connectivity index (χ4v) is 5.10. The van der Waals surface area contributed by atoms with Gasteiger partial charge in [0.15, 0.2) is 0 Å². The molecule has 1 aromatic carbocycles. The van der Waals surface area contributed by atoms with Gasteiger partial charge < -0.3 is 0 Å². The first-order chi connectivity index (χ1) is 12.0. The first-order valence-corrected chi connectivity index (χ1v) is 11.4. The van der Waals surface area contributed by atoms with Crippen LogP contribution in [0.1, 0.15) is 78.0 Å². The minimum absolute atomic E-state index is 0.0302. The summed E-state index contributed by atoms with van der Waals surface area (Å²) in [7, 11) is -3.24. The number of hydrogen-bond donors (Lipinski definition) is 0. The van der Waals surface area contributed by atoms with Crippen LogP contribution in [-0.2, 0) is 10.0 Å². The fraction of sp³-hybridized carbons (Fsp3) is 0.714. The molecule has 0 aliphatic carbocycles. The molecule has 0 radical (unpaired) electrons. The van der Waals surface area contributed by atoms with Gasteiger partial charge in [-0.15, -0.1) is 0 Å². The van der Waals surface area contributed by atoms with E-state index in [0.717, 1.165) is 13.0 Å². The molecule has 148 valence electrons. The lowest BCUT2D eigenvalue weighted by Crippen LogP contribution is -2.57. The zero-order valence-corrected chi connectivity index (χ0v) is 18.3. The van der Waals surface area contributed by atoms with Crippen LogP contribution in [0.2, 0.25) is 0 Å². The van der Waals surface area contributed by atoms with Crippen molar-refractivity contribution in [3.63, 3.8) is 0 Å². The van der Waals surface area contributed by atoms with Crippen molar-refractivity contribution in [3.05, 3.63) is 35.4 Å². The predicted octanol–water partition coefficient (Wildman–Crippen LogP) is 4.40. The van der Waals surface area contributed by atoms with E-state index in [4.69, 9.17) is 0 Å². The fourth-order valence-electron chi connectivity index (χ4n) is 3.82. The largest absolute Gasteiger partial charge is 0.289 e. The Hall–Kier alpha value is -0.910. The molecule has 5 heteroatoms.